The minimum absolute atomic E-state index is 0.0350. The molecule has 0 atom stereocenters. The second kappa shape index (κ2) is 9.34. The van der Waals surface area contributed by atoms with Crippen molar-refractivity contribution in [3.05, 3.63) is 92.0 Å². The number of halogens is 3. The number of aliphatic imine (C=N–C) groups is 1. The third-order valence-corrected chi connectivity index (χ3v) is 4.31. The number of benzene rings is 3. The summed E-state index contributed by atoms with van der Waals surface area (Å²) < 4.78 is 49.3. The van der Waals surface area contributed by atoms with Gasteiger partial charge in [-0.25, -0.2) is 0 Å². The summed E-state index contributed by atoms with van der Waals surface area (Å²) in [5, 5.41) is 21.9. The molecular formula is C21H14F3N3O6. The smallest absolute Gasteiger partial charge is 0.416 e. The van der Waals surface area contributed by atoms with Crippen molar-refractivity contribution in [3.8, 4) is 17.2 Å². The van der Waals surface area contributed by atoms with Gasteiger partial charge < -0.3 is 9.47 Å². The second-order valence-electron chi connectivity index (χ2n) is 6.48. The Bertz CT molecular complexity index is 1230. The SMILES string of the molecule is COc1cc(C=Nc2ccc([N+](=O)[O-])cc2)ccc1Oc1ccc(C(F)(F)F)cc1[N+](=O)[O-]. The molecule has 12 heteroatoms. The van der Waals surface area contributed by atoms with E-state index in [9.17, 15) is 33.4 Å². The van der Waals surface area contributed by atoms with Crippen LogP contribution in [0.25, 0.3) is 0 Å². The molecule has 33 heavy (non-hydrogen) atoms. The van der Waals surface area contributed by atoms with E-state index in [0.717, 1.165) is 6.07 Å². The summed E-state index contributed by atoms with van der Waals surface area (Å²) >= 11 is 0. The lowest BCUT2D eigenvalue weighted by Crippen LogP contribution is -2.06. The lowest BCUT2D eigenvalue weighted by atomic mass is 10.1. The van der Waals surface area contributed by atoms with Crippen LogP contribution in [0.4, 0.5) is 30.2 Å². The van der Waals surface area contributed by atoms with Gasteiger partial charge in [0.15, 0.2) is 11.5 Å². The number of rotatable bonds is 7. The van der Waals surface area contributed by atoms with Crippen molar-refractivity contribution < 1.29 is 32.5 Å². The highest BCUT2D eigenvalue weighted by molar-refractivity contribution is 5.83. The van der Waals surface area contributed by atoms with Crippen LogP contribution in [0.2, 0.25) is 0 Å². The third kappa shape index (κ3) is 5.61. The zero-order valence-electron chi connectivity index (χ0n) is 16.8. The predicted molar refractivity (Wildman–Crippen MR) is 112 cm³/mol. The lowest BCUT2D eigenvalue weighted by molar-refractivity contribution is -0.385. The van der Waals surface area contributed by atoms with E-state index in [1.165, 1.54) is 49.7 Å². The molecule has 0 radical (unpaired) electrons. The number of hydrogen-bond acceptors (Lipinski definition) is 7. The third-order valence-electron chi connectivity index (χ3n) is 4.31. The van der Waals surface area contributed by atoms with Gasteiger partial charge in [-0.2, -0.15) is 13.2 Å². The highest BCUT2D eigenvalue weighted by Gasteiger charge is 2.33. The van der Waals surface area contributed by atoms with Crippen molar-refractivity contribution in [3.63, 3.8) is 0 Å². The molecule has 0 N–H and O–H groups in total. The number of non-ortho nitro benzene ring substituents is 1. The van der Waals surface area contributed by atoms with Crippen molar-refractivity contribution >= 4 is 23.3 Å². The van der Waals surface area contributed by atoms with Gasteiger partial charge in [-0.05, 0) is 48.0 Å². The lowest BCUT2D eigenvalue weighted by Gasteiger charge is -2.12. The zero-order valence-corrected chi connectivity index (χ0v) is 16.8. The zero-order chi connectivity index (χ0) is 24.2. The Kier molecular flexibility index (Phi) is 6.56. The molecule has 170 valence electrons. The largest absolute Gasteiger partial charge is 0.493 e. The standard InChI is InChI=1S/C21H14F3N3O6/c1-32-20-10-13(12-25-15-4-6-16(7-5-15)26(28)29)2-8-19(20)33-18-9-3-14(21(22,23)24)11-17(18)27(30)31/h2-12H,1H3. The number of methoxy groups -OCH3 is 1. The molecule has 0 aliphatic heterocycles. The average molecular weight is 461 g/mol. The number of nitro groups is 2. The minimum Gasteiger partial charge on any atom is -0.493 e. The number of ether oxygens (including phenoxy) is 2. The van der Waals surface area contributed by atoms with Crippen molar-refractivity contribution in [1.82, 2.24) is 0 Å². The maximum absolute atomic E-state index is 12.9. The van der Waals surface area contributed by atoms with E-state index in [2.05, 4.69) is 4.99 Å². The molecule has 0 saturated carbocycles. The van der Waals surface area contributed by atoms with Gasteiger partial charge in [0.05, 0.1) is 28.2 Å². The fourth-order valence-corrected chi connectivity index (χ4v) is 2.70. The summed E-state index contributed by atoms with van der Waals surface area (Å²) in [6.45, 7) is 0. The van der Waals surface area contributed by atoms with Crippen LogP contribution >= 0.6 is 0 Å². The van der Waals surface area contributed by atoms with Crippen LogP contribution in [0.15, 0.2) is 65.7 Å². The summed E-state index contributed by atoms with van der Waals surface area (Å²) in [6.07, 6.45) is -3.29. The molecular weight excluding hydrogens is 447 g/mol. The van der Waals surface area contributed by atoms with Crippen molar-refractivity contribution in [2.45, 2.75) is 6.18 Å². The van der Waals surface area contributed by atoms with Gasteiger partial charge in [-0.1, -0.05) is 0 Å². The molecule has 3 aromatic carbocycles. The topological polar surface area (TPSA) is 117 Å². The van der Waals surface area contributed by atoms with Crippen molar-refractivity contribution in [2.24, 2.45) is 4.99 Å². The maximum atomic E-state index is 12.9. The van der Waals surface area contributed by atoms with Crippen LogP contribution in [0.3, 0.4) is 0 Å². The van der Waals surface area contributed by atoms with E-state index in [0.29, 0.717) is 23.4 Å². The molecule has 0 amide bonds. The number of nitro benzene ring substituents is 2. The van der Waals surface area contributed by atoms with E-state index in [-0.39, 0.29) is 17.2 Å². The minimum atomic E-state index is -4.74. The molecule has 9 nitrogen and oxygen atoms in total. The highest BCUT2D eigenvalue weighted by Crippen LogP contribution is 2.40. The number of nitrogens with zero attached hydrogens (tertiary/aromatic N) is 3. The van der Waals surface area contributed by atoms with Crippen molar-refractivity contribution in [1.29, 1.82) is 0 Å². The van der Waals surface area contributed by atoms with Crippen LogP contribution < -0.4 is 9.47 Å². The van der Waals surface area contributed by atoms with E-state index in [1.807, 2.05) is 0 Å². The Morgan fingerprint density at radius 3 is 2.12 bits per heavy atom. The average Bonchev–Trinajstić information content (AvgIpc) is 2.78. The molecule has 0 aliphatic carbocycles. The van der Waals surface area contributed by atoms with Gasteiger partial charge >= 0.3 is 11.9 Å². The molecule has 3 rings (SSSR count). The second-order valence-corrected chi connectivity index (χ2v) is 6.48. The molecule has 0 fully saturated rings. The highest BCUT2D eigenvalue weighted by atomic mass is 19.4. The first-order valence-electron chi connectivity index (χ1n) is 9.08. The molecule has 0 aromatic heterocycles. The Labute approximate surface area is 184 Å². The summed E-state index contributed by atoms with van der Waals surface area (Å²) in [5.41, 5.74) is -1.10. The monoisotopic (exact) mass is 461 g/mol. The Morgan fingerprint density at radius 1 is 0.879 bits per heavy atom. The van der Waals surface area contributed by atoms with Crippen molar-refractivity contribution in [2.75, 3.05) is 7.11 Å². The fourth-order valence-electron chi connectivity index (χ4n) is 2.70. The quantitative estimate of drug-likeness (QED) is 0.239. The fraction of sp³-hybridized carbons (Fsp3) is 0.0952. The first kappa shape index (κ1) is 23.2. The number of hydrogen-bond donors (Lipinski definition) is 0. The van der Waals surface area contributed by atoms with Gasteiger partial charge in [0.2, 0.25) is 5.75 Å². The summed E-state index contributed by atoms with van der Waals surface area (Å²) in [5.74, 6) is -0.205. The van der Waals surface area contributed by atoms with Gasteiger partial charge in [0.1, 0.15) is 0 Å². The first-order chi connectivity index (χ1) is 15.6. The summed E-state index contributed by atoms with van der Waals surface area (Å²) in [7, 11) is 1.32. The predicted octanol–water partition coefficient (Wildman–Crippen LogP) is 6.07. The molecule has 0 unspecified atom stereocenters. The van der Waals surface area contributed by atoms with E-state index in [1.54, 1.807) is 6.07 Å². The Balaban J connectivity index is 1.86. The molecule has 0 aliphatic rings. The van der Waals surface area contributed by atoms with E-state index in [4.69, 9.17) is 9.47 Å². The normalized spacial score (nSPS) is 11.4. The van der Waals surface area contributed by atoms with Crippen LogP contribution in [0.1, 0.15) is 11.1 Å². The summed E-state index contributed by atoms with van der Waals surface area (Å²) in [6, 6.07) is 11.9. The molecule has 3 aromatic rings. The molecule has 0 spiro atoms. The van der Waals surface area contributed by atoms with E-state index >= 15 is 0 Å². The van der Waals surface area contributed by atoms with Gasteiger partial charge in [-0.3, -0.25) is 25.2 Å². The van der Waals surface area contributed by atoms with Crippen LogP contribution in [-0.4, -0.2) is 23.2 Å². The van der Waals surface area contributed by atoms with Crippen LogP contribution in [0, 0.1) is 20.2 Å². The van der Waals surface area contributed by atoms with Gasteiger partial charge in [-0.15, -0.1) is 0 Å². The van der Waals surface area contributed by atoms with Crippen LogP contribution in [0.5, 0.6) is 17.2 Å². The first-order valence-corrected chi connectivity index (χ1v) is 9.08. The Hall–Kier alpha value is -4.48. The van der Waals surface area contributed by atoms with Gasteiger partial charge in [0.25, 0.3) is 5.69 Å². The maximum Gasteiger partial charge on any atom is 0.416 e. The molecule has 0 saturated heterocycles. The summed E-state index contributed by atoms with van der Waals surface area (Å²) in [4.78, 5) is 24.6. The molecule has 0 bridgehead atoms. The molecule has 0 heterocycles. The number of alkyl halides is 3. The van der Waals surface area contributed by atoms with Gasteiger partial charge in [0, 0.05) is 24.4 Å². The van der Waals surface area contributed by atoms with Crippen LogP contribution in [-0.2, 0) is 6.18 Å². The Morgan fingerprint density at radius 2 is 1.55 bits per heavy atom. The van der Waals surface area contributed by atoms with E-state index < -0.39 is 33.0 Å².